The second kappa shape index (κ2) is 5.12. The number of nitrogens with one attached hydrogen (secondary N) is 1. The van der Waals surface area contributed by atoms with Crippen molar-refractivity contribution in [3.05, 3.63) is 30.5 Å². The molecule has 18 heavy (non-hydrogen) atoms. The highest BCUT2D eigenvalue weighted by Gasteiger charge is 2.09. The summed E-state index contributed by atoms with van der Waals surface area (Å²) in [4.78, 5) is 11.8. The smallest absolute Gasteiger partial charge is 0.240 e. The number of hydrogen-bond acceptors (Lipinski definition) is 2. The van der Waals surface area contributed by atoms with Gasteiger partial charge in [0, 0.05) is 17.6 Å². The Kier molecular flexibility index (Phi) is 3.55. The van der Waals surface area contributed by atoms with Crippen molar-refractivity contribution >= 4 is 16.8 Å². The van der Waals surface area contributed by atoms with E-state index in [0.29, 0.717) is 6.54 Å². The van der Waals surface area contributed by atoms with E-state index in [-0.39, 0.29) is 11.9 Å². The van der Waals surface area contributed by atoms with E-state index in [1.807, 2.05) is 48.9 Å². The fraction of sp³-hybridized carbons (Fsp3) is 0.357. The third-order valence-corrected chi connectivity index (χ3v) is 2.76. The Labute approximate surface area is 107 Å². The van der Waals surface area contributed by atoms with E-state index in [9.17, 15) is 4.79 Å². The minimum absolute atomic E-state index is 0.0188. The Balaban J connectivity index is 2.27. The van der Waals surface area contributed by atoms with Crippen molar-refractivity contribution in [1.29, 1.82) is 0 Å². The molecule has 4 nitrogen and oxygen atoms in total. The molecular weight excluding hydrogens is 228 g/mol. The topological polar surface area (TPSA) is 43.3 Å². The van der Waals surface area contributed by atoms with E-state index < -0.39 is 0 Å². The van der Waals surface area contributed by atoms with E-state index in [1.165, 1.54) is 0 Å². The lowest BCUT2D eigenvalue weighted by Gasteiger charge is -2.10. The van der Waals surface area contributed by atoms with Gasteiger partial charge in [-0.2, -0.15) is 0 Å². The van der Waals surface area contributed by atoms with Crippen molar-refractivity contribution in [3.63, 3.8) is 0 Å². The molecule has 0 bridgehead atoms. The molecule has 1 N–H and O–H groups in total. The number of nitrogens with zero attached hydrogens (tertiary/aromatic N) is 1. The lowest BCUT2D eigenvalue weighted by molar-refractivity contribution is -0.122. The lowest BCUT2D eigenvalue weighted by atomic mass is 10.2. The monoisotopic (exact) mass is 246 g/mol. The molecule has 1 heterocycles. The zero-order valence-electron chi connectivity index (χ0n) is 10.9. The summed E-state index contributed by atoms with van der Waals surface area (Å²) in [6, 6.07) is 7.96. The zero-order valence-corrected chi connectivity index (χ0v) is 10.9. The summed E-state index contributed by atoms with van der Waals surface area (Å²) in [5.74, 6) is 0.848. The third kappa shape index (κ3) is 2.47. The first kappa shape index (κ1) is 12.5. The summed E-state index contributed by atoms with van der Waals surface area (Å²) in [6.07, 6.45) is 1.91. The Bertz CT molecular complexity index is 558. The van der Waals surface area contributed by atoms with Gasteiger partial charge in [-0.3, -0.25) is 4.79 Å². The minimum Gasteiger partial charge on any atom is -0.496 e. The van der Waals surface area contributed by atoms with Crippen molar-refractivity contribution in [2.75, 3.05) is 7.11 Å². The summed E-state index contributed by atoms with van der Waals surface area (Å²) in [5, 5.41) is 3.91. The fourth-order valence-corrected chi connectivity index (χ4v) is 2.03. The van der Waals surface area contributed by atoms with Crippen molar-refractivity contribution in [2.45, 2.75) is 26.4 Å². The van der Waals surface area contributed by atoms with Crippen molar-refractivity contribution in [3.8, 4) is 5.75 Å². The number of amides is 1. The van der Waals surface area contributed by atoms with Crippen LogP contribution in [0, 0.1) is 0 Å². The maximum Gasteiger partial charge on any atom is 0.240 e. The van der Waals surface area contributed by atoms with E-state index in [2.05, 4.69) is 5.32 Å². The molecule has 2 rings (SSSR count). The van der Waals surface area contributed by atoms with Crippen molar-refractivity contribution in [1.82, 2.24) is 9.88 Å². The minimum atomic E-state index is 0.0188. The zero-order chi connectivity index (χ0) is 13.1. The number of rotatable bonds is 4. The van der Waals surface area contributed by atoms with Crippen LogP contribution in [0.5, 0.6) is 5.75 Å². The third-order valence-electron chi connectivity index (χ3n) is 2.76. The van der Waals surface area contributed by atoms with Crippen LogP contribution < -0.4 is 10.1 Å². The quantitative estimate of drug-likeness (QED) is 0.898. The average Bonchev–Trinajstić information content (AvgIpc) is 2.71. The molecule has 0 atom stereocenters. The summed E-state index contributed by atoms with van der Waals surface area (Å²) >= 11 is 0. The van der Waals surface area contributed by atoms with Crippen LogP contribution in [-0.2, 0) is 11.3 Å². The van der Waals surface area contributed by atoms with Gasteiger partial charge in [0.1, 0.15) is 12.3 Å². The van der Waals surface area contributed by atoms with Gasteiger partial charge in [-0.25, -0.2) is 0 Å². The number of carbonyl (C=O) groups excluding carboxylic acids is 1. The van der Waals surface area contributed by atoms with Crippen molar-refractivity contribution in [2.24, 2.45) is 0 Å². The molecule has 4 heteroatoms. The Morgan fingerprint density at radius 1 is 1.39 bits per heavy atom. The number of ether oxygens (including phenoxy) is 1. The number of aromatic nitrogens is 1. The van der Waals surface area contributed by atoms with Crippen LogP contribution in [0.1, 0.15) is 13.8 Å². The first-order valence-electron chi connectivity index (χ1n) is 6.03. The van der Waals surface area contributed by atoms with Gasteiger partial charge in [0.15, 0.2) is 0 Å². The predicted octanol–water partition coefficient (Wildman–Crippen LogP) is 2.17. The molecule has 0 spiro atoms. The first-order valence-corrected chi connectivity index (χ1v) is 6.03. The Hall–Kier alpha value is -1.97. The molecule has 0 aliphatic carbocycles. The number of hydrogen-bond donors (Lipinski definition) is 1. The van der Waals surface area contributed by atoms with E-state index in [1.54, 1.807) is 7.11 Å². The molecule has 0 saturated carbocycles. The van der Waals surface area contributed by atoms with Gasteiger partial charge in [-0.15, -0.1) is 0 Å². The molecule has 1 aromatic heterocycles. The molecule has 0 fully saturated rings. The van der Waals surface area contributed by atoms with Crippen LogP contribution in [-0.4, -0.2) is 23.6 Å². The van der Waals surface area contributed by atoms with Gasteiger partial charge in [0.05, 0.1) is 12.6 Å². The van der Waals surface area contributed by atoms with Crippen LogP contribution in [0.25, 0.3) is 10.9 Å². The van der Waals surface area contributed by atoms with E-state index in [4.69, 9.17) is 4.74 Å². The predicted molar refractivity (Wildman–Crippen MR) is 71.8 cm³/mol. The highest BCUT2D eigenvalue weighted by molar-refractivity contribution is 5.88. The highest BCUT2D eigenvalue weighted by Crippen LogP contribution is 2.25. The molecule has 0 aliphatic rings. The van der Waals surface area contributed by atoms with Crippen LogP contribution in [0.2, 0.25) is 0 Å². The highest BCUT2D eigenvalue weighted by atomic mass is 16.5. The number of fused-ring (bicyclic) bond motifs is 1. The van der Waals surface area contributed by atoms with E-state index in [0.717, 1.165) is 16.7 Å². The fourth-order valence-electron chi connectivity index (χ4n) is 2.03. The second-order valence-corrected chi connectivity index (χ2v) is 4.56. The lowest BCUT2D eigenvalue weighted by Crippen LogP contribution is -2.32. The van der Waals surface area contributed by atoms with Crippen molar-refractivity contribution < 1.29 is 9.53 Å². The first-order chi connectivity index (χ1) is 8.61. The summed E-state index contributed by atoms with van der Waals surface area (Å²) in [6.45, 7) is 4.23. The molecule has 96 valence electrons. The molecule has 0 radical (unpaired) electrons. The van der Waals surface area contributed by atoms with Crippen LogP contribution in [0.4, 0.5) is 0 Å². The number of carbonyl (C=O) groups is 1. The largest absolute Gasteiger partial charge is 0.496 e. The van der Waals surface area contributed by atoms with Gasteiger partial charge >= 0.3 is 0 Å². The Morgan fingerprint density at radius 3 is 2.83 bits per heavy atom. The summed E-state index contributed by atoms with van der Waals surface area (Å²) < 4.78 is 7.22. The SMILES string of the molecule is COc1cccc2c1ccn2CC(=O)NC(C)C. The molecule has 0 saturated heterocycles. The van der Waals surface area contributed by atoms with Gasteiger partial charge in [-0.1, -0.05) is 6.07 Å². The second-order valence-electron chi connectivity index (χ2n) is 4.56. The normalized spacial score (nSPS) is 10.9. The van der Waals surface area contributed by atoms with Gasteiger partial charge < -0.3 is 14.6 Å². The van der Waals surface area contributed by atoms with Crippen LogP contribution in [0.15, 0.2) is 30.5 Å². The van der Waals surface area contributed by atoms with Gasteiger partial charge in [-0.05, 0) is 32.0 Å². The van der Waals surface area contributed by atoms with E-state index >= 15 is 0 Å². The molecule has 1 aromatic carbocycles. The average molecular weight is 246 g/mol. The molecule has 0 aliphatic heterocycles. The molecular formula is C14H18N2O2. The van der Waals surface area contributed by atoms with Gasteiger partial charge in [0.25, 0.3) is 0 Å². The number of methoxy groups -OCH3 is 1. The molecule has 1 amide bonds. The summed E-state index contributed by atoms with van der Waals surface area (Å²) in [5.41, 5.74) is 1.01. The number of benzene rings is 1. The standard InChI is InChI=1S/C14H18N2O2/c1-10(2)15-14(17)9-16-8-7-11-12(16)5-4-6-13(11)18-3/h4-8,10H,9H2,1-3H3,(H,15,17). The maximum atomic E-state index is 11.8. The Morgan fingerprint density at radius 2 is 2.17 bits per heavy atom. The molecule has 2 aromatic rings. The summed E-state index contributed by atoms with van der Waals surface area (Å²) in [7, 11) is 1.65. The van der Waals surface area contributed by atoms with Crippen LogP contribution >= 0.6 is 0 Å². The maximum absolute atomic E-state index is 11.8. The van der Waals surface area contributed by atoms with Crippen LogP contribution in [0.3, 0.4) is 0 Å². The molecule has 0 unspecified atom stereocenters. The van der Waals surface area contributed by atoms with Gasteiger partial charge in [0.2, 0.25) is 5.91 Å².